The zero-order valence-corrected chi connectivity index (χ0v) is 9.97. The molecule has 96 valence electrons. The Balaban J connectivity index is 2.36. The fourth-order valence-electron chi connectivity index (χ4n) is 1.81. The summed E-state index contributed by atoms with van der Waals surface area (Å²) in [6, 6.07) is 1.50. The number of carbonyl (C=O) groups is 2. The van der Waals surface area contributed by atoms with Crippen LogP contribution in [0.1, 0.15) is 10.4 Å². The fraction of sp³-hybridized carbons (Fsp3) is 0.364. The molecule has 0 aliphatic carbocycles. The van der Waals surface area contributed by atoms with Gasteiger partial charge in [0.25, 0.3) is 0 Å². The van der Waals surface area contributed by atoms with Crippen LogP contribution in [0, 0.1) is 0 Å². The molecule has 1 saturated heterocycles. The molecule has 2 rings (SSSR count). The van der Waals surface area contributed by atoms with Crippen LogP contribution in [0.4, 0.5) is 11.5 Å². The van der Waals surface area contributed by atoms with E-state index in [4.69, 9.17) is 5.73 Å². The van der Waals surface area contributed by atoms with Crippen LogP contribution in [-0.4, -0.2) is 43.6 Å². The number of rotatable bonds is 2. The molecule has 0 spiro atoms. The lowest BCUT2D eigenvalue weighted by molar-refractivity contribution is -0.120. The average Bonchev–Trinajstić information content (AvgIpc) is 2.37. The van der Waals surface area contributed by atoms with Crippen LogP contribution in [0.3, 0.4) is 0 Å². The van der Waals surface area contributed by atoms with Gasteiger partial charge in [-0.25, -0.2) is 9.78 Å². The lowest BCUT2D eigenvalue weighted by atomic mass is 10.2. The van der Waals surface area contributed by atoms with E-state index in [1.54, 1.807) is 4.90 Å². The second-order valence-electron chi connectivity index (χ2n) is 3.90. The molecular weight excluding hydrogens is 236 g/mol. The zero-order valence-electron chi connectivity index (χ0n) is 9.97. The molecule has 3 N–H and O–H groups in total. The van der Waals surface area contributed by atoms with E-state index in [-0.39, 0.29) is 18.0 Å². The Morgan fingerprint density at radius 1 is 1.61 bits per heavy atom. The topological polar surface area (TPSA) is 97.6 Å². The van der Waals surface area contributed by atoms with Crippen molar-refractivity contribution in [1.29, 1.82) is 0 Å². The van der Waals surface area contributed by atoms with E-state index < -0.39 is 5.97 Å². The van der Waals surface area contributed by atoms with Crippen molar-refractivity contribution in [2.75, 3.05) is 37.4 Å². The normalized spacial score (nSPS) is 15.2. The second kappa shape index (κ2) is 4.91. The quantitative estimate of drug-likeness (QED) is 0.679. The van der Waals surface area contributed by atoms with Gasteiger partial charge in [-0.3, -0.25) is 4.79 Å². The summed E-state index contributed by atoms with van der Waals surface area (Å²) >= 11 is 0. The Morgan fingerprint density at radius 3 is 3.06 bits per heavy atom. The maximum absolute atomic E-state index is 11.7. The molecule has 1 aromatic rings. The number of nitrogens with one attached hydrogen (secondary N) is 1. The first-order chi connectivity index (χ1) is 8.61. The number of methoxy groups -OCH3 is 1. The van der Waals surface area contributed by atoms with Gasteiger partial charge in [0.1, 0.15) is 11.4 Å². The molecule has 7 nitrogen and oxygen atoms in total. The lowest BCUT2D eigenvalue weighted by Crippen LogP contribution is -2.48. The number of piperazine rings is 1. The molecule has 1 fully saturated rings. The van der Waals surface area contributed by atoms with Crippen molar-refractivity contribution in [2.45, 2.75) is 0 Å². The van der Waals surface area contributed by atoms with Crippen molar-refractivity contribution >= 4 is 23.4 Å². The number of esters is 1. The molecule has 2 heterocycles. The Labute approximate surface area is 104 Å². The van der Waals surface area contributed by atoms with Crippen molar-refractivity contribution in [3.05, 3.63) is 17.8 Å². The Morgan fingerprint density at radius 2 is 2.39 bits per heavy atom. The minimum absolute atomic E-state index is 0.101. The van der Waals surface area contributed by atoms with Crippen LogP contribution in [0.25, 0.3) is 0 Å². The molecule has 1 aliphatic heterocycles. The molecule has 7 heteroatoms. The highest BCUT2D eigenvalue weighted by Crippen LogP contribution is 2.21. The standard InChI is InChI=1S/C11H14N4O3/c1-18-11(17)8-4-7(12)5-14-10(8)15-3-2-13-9(16)6-15/h4-5H,2-3,6,12H2,1H3,(H,13,16). The number of anilines is 2. The van der Waals surface area contributed by atoms with E-state index in [0.29, 0.717) is 24.6 Å². The number of nitrogen functional groups attached to an aromatic ring is 1. The van der Waals surface area contributed by atoms with E-state index in [1.807, 2.05) is 0 Å². The highest BCUT2D eigenvalue weighted by atomic mass is 16.5. The van der Waals surface area contributed by atoms with Gasteiger partial charge >= 0.3 is 5.97 Å². The number of nitrogens with zero attached hydrogens (tertiary/aromatic N) is 2. The van der Waals surface area contributed by atoms with E-state index in [9.17, 15) is 9.59 Å². The number of hydrogen-bond acceptors (Lipinski definition) is 6. The van der Waals surface area contributed by atoms with Crippen LogP contribution >= 0.6 is 0 Å². The summed E-state index contributed by atoms with van der Waals surface area (Å²) in [4.78, 5) is 28.9. The van der Waals surface area contributed by atoms with Crippen molar-refractivity contribution in [1.82, 2.24) is 10.3 Å². The largest absolute Gasteiger partial charge is 0.465 e. The van der Waals surface area contributed by atoms with E-state index in [2.05, 4.69) is 15.0 Å². The lowest BCUT2D eigenvalue weighted by Gasteiger charge is -2.28. The number of ether oxygens (including phenoxy) is 1. The molecule has 1 aromatic heterocycles. The maximum atomic E-state index is 11.7. The molecule has 0 aromatic carbocycles. The summed E-state index contributed by atoms with van der Waals surface area (Å²) in [6.45, 7) is 1.28. The third-order valence-corrected chi connectivity index (χ3v) is 2.63. The van der Waals surface area contributed by atoms with Gasteiger partial charge in [0.15, 0.2) is 0 Å². The van der Waals surface area contributed by atoms with Crippen LogP contribution in [0.15, 0.2) is 12.3 Å². The first kappa shape index (κ1) is 12.2. The minimum Gasteiger partial charge on any atom is -0.465 e. The molecule has 0 unspecified atom stereocenters. The van der Waals surface area contributed by atoms with Gasteiger partial charge in [0, 0.05) is 13.1 Å². The SMILES string of the molecule is COC(=O)c1cc(N)cnc1N1CCNC(=O)C1. The van der Waals surface area contributed by atoms with Gasteiger partial charge in [-0.15, -0.1) is 0 Å². The summed E-state index contributed by atoms with van der Waals surface area (Å²) in [6.07, 6.45) is 1.45. The molecule has 1 amide bonds. The third kappa shape index (κ3) is 2.34. The van der Waals surface area contributed by atoms with Crippen molar-refractivity contribution < 1.29 is 14.3 Å². The highest BCUT2D eigenvalue weighted by molar-refractivity contribution is 5.96. The minimum atomic E-state index is -0.518. The number of hydrogen-bond donors (Lipinski definition) is 2. The summed E-state index contributed by atoms with van der Waals surface area (Å²) < 4.78 is 4.69. The van der Waals surface area contributed by atoms with Gasteiger partial charge in [-0.2, -0.15) is 0 Å². The third-order valence-electron chi connectivity index (χ3n) is 2.63. The van der Waals surface area contributed by atoms with Crippen LogP contribution < -0.4 is 16.0 Å². The molecular formula is C11H14N4O3. The monoisotopic (exact) mass is 250 g/mol. The van der Waals surface area contributed by atoms with Gasteiger partial charge < -0.3 is 20.7 Å². The van der Waals surface area contributed by atoms with E-state index >= 15 is 0 Å². The van der Waals surface area contributed by atoms with Gasteiger partial charge in [0.05, 0.1) is 25.5 Å². The number of pyridine rings is 1. The summed E-state index contributed by atoms with van der Waals surface area (Å²) in [5.74, 6) is -0.197. The number of nitrogens with two attached hydrogens (primary N) is 1. The number of carbonyl (C=O) groups excluding carboxylic acids is 2. The van der Waals surface area contributed by atoms with Crippen LogP contribution in [0.2, 0.25) is 0 Å². The smallest absolute Gasteiger partial charge is 0.341 e. The van der Waals surface area contributed by atoms with Crippen molar-refractivity contribution in [2.24, 2.45) is 0 Å². The van der Waals surface area contributed by atoms with Crippen molar-refractivity contribution in [3.8, 4) is 0 Å². The van der Waals surface area contributed by atoms with E-state index in [0.717, 1.165) is 0 Å². The summed E-state index contributed by atoms with van der Waals surface area (Å²) in [5, 5.41) is 2.71. The first-order valence-corrected chi connectivity index (χ1v) is 5.47. The maximum Gasteiger partial charge on any atom is 0.341 e. The predicted octanol–water partition coefficient (Wildman–Crippen LogP) is -0.613. The number of amides is 1. The molecule has 0 atom stereocenters. The Bertz CT molecular complexity index is 489. The fourth-order valence-corrected chi connectivity index (χ4v) is 1.81. The molecule has 0 saturated carbocycles. The van der Waals surface area contributed by atoms with Gasteiger partial charge in [-0.05, 0) is 6.07 Å². The second-order valence-corrected chi connectivity index (χ2v) is 3.90. The van der Waals surface area contributed by atoms with Crippen LogP contribution in [0.5, 0.6) is 0 Å². The van der Waals surface area contributed by atoms with E-state index in [1.165, 1.54) is 19.4 Å². The summed E-state index contributed by atoms with van der Waals surface area (Å²) in [7, 11) is 1.29. The van der Waals surface area contributed by atoms with Crippen LogP contribution in [-0.2, 0) is 9.53 Å². The number of aromatic nitrogens is 1. The average molecular weight is 250 g/mol. The summed E-state index contributed by atoms with van der Waals surface area (Å²) in [5.41, 5.74) is 6.25. The predicted molar refractivity (Wildman–Crippen MR) is 65.2 cm³/mol. The van der Waals surface area contributed by atoms with Gasteiger partial charge in [0.2, 0.25) is 5.91 Å². The Kier molecular flexibility index (Phi) is 3.31. The molecule has 1 aliphatic rings. The molecule has 0 radical (unpaired) electrons. The highest BCUT2D eigenvalue weighted by Gasteiger charge is 2.23. The Hall–Kier alpha value is -2.31. The van der Waals surface area contributed by atoms with Crippen molar-refractivity contribution in [3.63, 3.8) is 0 Å². The zero-order chi connectivity index (χ0) is 13.1. The molecule has 18 heavy (non-hydrogen) atoms. The molecule has 0 bridgehead atoms. The van der Waals surface area contributed by atoms with Gasteiger partial charge in [-0.1, -0.05) is 0 Å². The first-order valence-electron chi connectivity index (χ1n) is 5.47.